The van der Waals surface area contributed by atoms with E-state index in [9.17, 15) is 14.7 Å². The lowest BCUT2D eigenvalue weighted by Gasteiger charge is -2.22. The lowest BCUT2D eigenvalue weighted by atomic mass is 9.86. The number of β-amino-alcohol motifs (C(OH)–C–C–N with tert-alkyl or cyclic N) is 1. The van der Waals surface area contributed by atoms with Crippen molar-refractivity contribution in [2.75, 3.05) is 31.8 Å². The molecule has 2 aliphatic heterocycles. The first-order chi connectivity index (χ1) is 11.5. The number of carbonyl (C=O) groups is 2. The minimum absolute atomic E-state index is 0.0137. The van der Waals surface area contributed by atoms with Crippen molar-refractivity contribution in [1.82, 2.24) is 4.90 Å². The first-order valence-corrected chi connectivity index (χ1v) is 9.07. The van der Waals surface area contributed by atoms with E-state index in [2.05, 4.69) is 0 Å². The Bertz CT molecular complexity index is 612. The quantitative estimate of drug-likeness (QED) is 0.779. The van der Waals surface area contributed by atoms with Crippen LogP contribution in [0.2, 0.25) is 0 Å². The first kappa shape index (κ1) is 17.1. The molecule has 1 aromatic rings. The molecular formula is C17H21NO5S. The van der Waals surface area contributed by atoms with E-state index in [0.717, 1.165) is 17.9 Å². The summed E-state index contributed by atoms with van der Waals surface area (Å²) in [6, 6.07) is 7.00. The molecule has 130 valence electrons. The van der Waals surface area contributed by atoms with Gasteiger partial charge in [-0.15, -0.1) is 0 Å². The van der Waals surface area contributed by atoms with E-state index in [1.54, 1.807) is 43.1 Å². The Balaban J connectivity index is 1.53. The Labute approximate surface area is 145 Å². The van der Waals surface area contributed by atoms with Crippen LogP contribution in [-0.4, -0.2) is 59.7 Å². The van der Waals surface area contributed by atoms with E-state index in [1.165, 1.54) is 4.90 Å². The molecule has 2 heterocycles. The molecule has 1 spiro atoms. The number of carbonyl (C=O) groups excluding carboxylic acids is 2. The number of benzene rings is 1. The van der Waals surface area contributed by atoms with Gasteiger partial charge in [-0.25, -0.2) is 0 Å². The van der Waals surface area contributed by atoms with Gasteiger partial charge in [0.25, 0.3) is 0 Å². The van der Waals surface area contributed by atoms with Crippen molar-refractivity contribution in [3.63, 3.8) is 0 Å². The van der Waals surface area contributed by atoms with Crippen LogP contribution in [0.15, 0.2) is 24.3 Å². The second-order valence-electron chi connectivity index (χ2n) is 6.21. The summed E-state index contributed by atoms with van der Waals surface area (Å²) in [6.45, 7) is 0.00533. The van der Waals surface area contributed by atoms with Gasteiger partial charge in [0.2, 0.25) is 11.8 Å². The van der Waals surface area contributed by atoms with Crippen LogP contribution in [0.4, 0.5) is 0 Å². The Kier molecular flexibility index (Phi) is 5.01. The Morgan fingerprint density at radius 2 is 2.00 bits per heavy atom. The molecule has 2 fully saturated rings. The molecule has 7 heteroatoms. The molecule has 0 radical (unpaired) electrons. The van der Waals surface area contributed by atoms with Crippen LogP contribution in [0, 0.1) is 5.41 Å². The van der Waals surface area contributed by atoms with Crippen molar-refractivity contribution in [3.8, 4) is 11.5 Å². The number of hydrogen-bond donors (Lipinski definition) is 1. The Hall–Kier alpha value is -1.73. The summed E-state index contributed by atoms with van der Waals surface area (Å²) < 4.78 is 10.6. The number of imide groups is 1. The van der Waals surface area contributed by atoms with Crippen LogP contribution in [0.5, 0.6) is 11.5 Å². The van der Waals surface area contributed by atoms with Gasteiger partial charge in [0.15, 0.2) is 0 Å². The van der Waals surface area contributed by atoms with Crippen LogP contribution in [0.25, 0.3) is 0 Å². The average Bonchev–Trinajstić information content (AvgIpc) is 3.14. The molecule has 2 amide bonds. The standard InChI is InChI=1S/C17H21NO5S/c1-22-13-2-4-14(5-3-13)23-10-12(19)9-18-15(20)8-17(16(18)21)6-7-24-11-17/h2-5,12,19H,6-11H2,1H3/t12-,17-/m1/s1. The Morgan fingerprint density at radius 3 is 2.62 bits per heavy atom. The predicted molar refractivity (Wildman–Crippen MR) is 90.2 cm³/mol. The minimum atomic E-state index is -0.913. The van der Waals surface area contributed by atoms with Crippen molar-refractivity contribution in [2.45, 2.75) is 18.9 Å². The van der Waals surface area contributed by atoms with Gasteiger partial charge in [0, 0.05) is 12.2 Å². The highest BCUT2D eigenvalue weighted by molar-refractivity contribution is 7.99. The van der Waals surface area contributed by atoms with Gasteiger partial charge in [-0.2, -0.15) is 11.8 Å². The van der Waals surface area contributed by atoms with Gasteiger partial charge < -0.3 is 14.6 Å². The van der Waals surface area contributed by atoms with E-state index in [0.29, 0.717) is 11.5 Å². The lowest BCUT2D eigenvalue weighted by Crippen LogP contribution is -2.41. The maximum absolute atomic E-state index is 12.5. The van der Waals surface area contributed by atoms with Crippen molar-refractivity contribution in [3.05, 3.63) is 24.3 Å². The topological polar surface area (TPSA) is 76.1 Å². The van der Waals surface area contributed by atoms with E-state index in [1.807, 2.05) is 0 Å². The molecule has 3 rings (SSSR count). The highest BCUT2D eigenvalue weighted by atomic mass is 32.2. The second kappa shape index (κ2) is 7.03. The van der Waals surface area contributed by atoms with Gasteiger partial charge >= 0.3 is 0 Å². The summed E-state index contributed by atoms with van der Waals surface area (Å²) in [5.41, 5.74) is -0.529. The largest absolute Gasteiger partial charge is 0.497 e. The molecule has 6 nitrogen and oxygen atoms in total. The molecule has 1 aromatic carbocycles. The SMILES string of the molecule is COc1ccc(OC[C@H](O)CN2C(=O)C[C@@]3(CCSC3)C2=O)cc1. The normalized spacial score (nSPS) is 24.7. The van der Waals surface area contributed by atoms with Crippen LogP contribution < -0.4 is 9.47 Å². The van der Waals surface area contributed by atoms with Crippen LogP contribution in [-0.2, 0) is 9.59 Å². The number of aliphatic hydroxyl groups excluding tert-OH is 1. The van der Waals surface area contributed by atoms with Gasteiger partial charge in [-0.3, -0.25) is 14.5 Å². The molecule has 2 saturated heterocycles. The maximum atomic E-state index is 12.5. The fourth-order valence-electron chi connectivity index (χ4n) is 3.09. The number of nitrogens with zero attached hydrogens (tertiary/aromatic N) is 1. The van der Waals surface area contributed by atoms with E-state index >= 15 is 0 Å². The minimum Gasteiger partial charge on any atom is -0.497 e. The summed E-state index contributed by atoms with van der Waals surface area (Å²) in [7, 11) is 1.58. The number of rotatable bonds is 6. The van der Waals surface area contributed by atoms with Crippen molar-refractivity contribution >= 4 is 23.6 Å². The number of methoxy groups -OCH3 is 1. The average molecular weight is 351 g/mol. The summed E-state index contributed by atoms with van der Waals surface area (Å²) >= 11 is 1.71. The summed E-state index contributed by atoms with van der Waals surface area (Å²) in [5, 5.41) is 10.1. The van der Waals surface area contributed by atoms with Crippen molar-refractivity contribution in [2.24, 2.45) is 5.41 Å². The monoisotopic (exact) mass is 351 g/mol. The van der Waals surface area contributed by atoms with Gasteiger partial charge in [-0.1, -0.05) is 0 Å². The molecule has 1 N–H and O–H groups in total. The molecule has 0 aromatic heterocycles. The van der Waals surface area contributed by atoms with Gasteiger partial charge in [0.05, 0.1) is 19.1 Å². The van der Waals surface area contributed by atoms with Crippen molar-refractivity contribution < 1.29 is 24.2 Å². The molecule has 0 saturated carbocycles. The third-order valence-electron chi connectivity index (χ3n) is 4.49. The summed E-state index contributed by atoms with van der Waals surface area (Å²) in [6.07, 6.45) is 0.103. The zero-order valence-electron chi connectivity index (χ0n) is 13.6. The highest BCUT2D eigenvalue weighted by Crippen LogP contribution is 2.44. The number of hydrogen-bond acceptors (Lipinski definition) is 6. The smallest absolute Gasteiger partial charge is 0.236 e. The van der Waals surface area contributed by atoms with E-state index < -0.39 is 11.5 Å². The van der Waals surface area contributed by atoms with Gasteiger partial charge in [0.1, 0.15) is 24.2 Å². The fourth-order valence-corrected chi connectivity index (χ4v) is 4.53. The van der Waals surface area contributed by atoms with Crippen LogP contribution in [0.3, 0.4) is 0 Å². The fraction of sp³-hybridized carbons (Fsp3) is 0.529. The summed E-state index contributed by atoms with van der Waals surface area (Å²) in [5.74, 6) is 2.60. The van der Waals surface area contributed by atoms with Crippen LogP contribution in [0.1, 0.15) is 12.8 Å². The predicted octanol–water partition coefficient (Wildman–Crippen LogP) is 1.32. The molecule has 24 heavy (non-hydrogen) atoms. The zero-order chi connectivity index (χ0) is 17.2. The van der Waals surface area contributed by atoms with Gasteiger partial charge in [-0.05, 0) is 36.4 Å². The Morgan fingerprint density at radius 1 is 1.29 bits per heavy atom. The number of ether oxygens (including phenoxy) is 2. The van der Waals surface area contributed by atoms with Crippen molar-refractivity contribution in [1.29, 1.82) is 0 Å². The van der Waals surface area contributed by atoms with E-state index in [4.69, 9.17) is 9.47 Å². The maximum Gasteiger partial charge on any atom is 0.236 e. The molecule has 2 aliphatic rings. The number of likely N-dealkylation sites (tertiary alicyclic amines) is 1. The van der Waals surface area contributed by atoms with E-state index in [-0.39, 0.29) is 31.4 Å². The summed E-state index contributed by atoms with van der Waals surface area (Å²) in [4.78, 5) is 25.9. The number of thioether (sulfide) groups is 1. The third kappa shape index (κ3) is 3.37. The first-order valence-electron chi connectivity index (χ1n) is 7.91. The molecular weight excluding hydrogens is 330 g/mol. The molecule has 0 aliphatic carbocycles. The zero-order valence-corrected chi connectivity index (χ0v) is 14.4. The molecule has 0 unspecified atom stereocenters. The molecule has 2 atom stereocenters. The number of aliphatic hydroxyl groups is 1. The highest BCUT2D eigenvalue weighted by Gasteiger charge is 2.53. The third-order valence-corrected chi connectivity index (χ3v) is 5.74. The lowest BCUT2D eigenvalue weighted by molar-refractivity contribution is -0.142. The number of amides is 2. The molecule has 0 bridgehead atoms. The van der Waals surface area contributed by atoms with Crippen LogP contribution >= 0.6 is 11.8 Å². The second-order valence-corrected chi connectivity index (χ2v) is 7.31.